The maximum atomic E-state index is 15.2. The van der Waals surface area contributed by atoms with Gasteiger partial charge in [0.1, 0.15) is 102 Å². The number of likely N-dealkylation sites (tertiary alicyclic amines) is 3. The van der Waals surface area contributed by atoms with Crippen molar-refractivity contribution in [3.63, 3.8) is 0 Å². The number of phenols is 1. The van der Waals surface area contributed by atoms with E-state index in [4.69, 9.17) is 22.6 Å². The van der Waals surface area contributed by atoms with Crippen LogP contribution in [0.2, 0.25) is 0 Å². The van der Waals surface area contributed by atoms with E-state index < -0.39 is 259 Å². The van der Waals surface area contributed by atoms with Crippen molar-refractivity contribution in [2.45, 2.75) is 281 Å². The maximum absolute atomic E-state index is 15.2. The predicted octanol–water partition coefficient (Wildman–Crippen LogP) is -4.48. The van der Waals surface area contributed by atoms with E-state index in [0.717, 1.165) is 4.90 Å². The highest BCUT2D eigenvalue weighted by Crippen LogP contribution is 2.26. The van der Waals surface area contributed by atoms with Crippen LogP contribution in [0.4, 0.5) is 0 Å². The Balaban J connectivity index is 1.15. The van der Waals surface area contributed by atoms with Crippen molar-refractivity contribution in [2.75, 3.05) is 45.1 Å². The Hall–Kier alpha value is -13.1. The number of carboxylic acid groups (broad SMARTS) is 3. The molecule has 0 saturated carbocycles. The molecule has 3 fully saturated rings. The number of aromatic amines is 1. The summed E-state index contributed by atoms with van der Waals surface area (Å²) in [4.78, 5) is 277. The molecule has 16 amide bonds. The molecular formula is C90H137N23O24S. The van der Waals surface area contributed by atoms with Crippen molar-refractivity contribution < 1.29 is 117 Å². The highest BCUT2D eigenvalue weighted by Gasteiger charge is 2.46. The number of aromatic nitrogens is 2. The van der Waals surface area contributed by atoms with Crippen LogP contribution < -0.4 is 91.6 Å². The summed E-state index contributed by atoms with van der Waals surface area (Å²) in [6.45, 7) is 14.0. The number of hydrogen-bond acceptors (Lipinski definition) is 26. The summed E-state index contributed by atoms with van der Waals surface area (Å²) in [6, 6.07) is -11.7. The van der Waals surface area contributed by atoms with Crippen LogP contribution in [0.25, 0.3) is 0 Å². The number of benzene rings is 2. The Morgan fingerprint density at radius 2 is 0.920 bits per heavy atom. The molecule has 18 unspecified atom stereocenters. The van der Waals surface area contributed by atoms with Crippen LogP contribution in [-0.2, 0) is 110 Å². The van der Waals surface area contributed by atoms with Gasteiger partial charge in [0.2, 0.25) is 94.5 Å². The number of imidazole rings is 1. The number of carbonyl (C=O) groups excluding carboxylic acids is 16. The number of thiol groups is 1. The second kappa shape index (κ2) is 55.9. The minimum Gasteiger partial charge on any atom is -0.508 e. The number of aliphatic hydroxyl groups excluding tert-OH is 1. The molecule has 762 valence electrons. The van der Waals surface area contributed by atoms with E-state index in [-0.39, 0.29) is 119 Å². The van der Waals surface area contributed by atoms with Crippen LogP contribution in [0.15, 0.2) is 67.1 Å². The molecule has 1 aromatic heterocycles. The molecule has 27 N–H and O–H groups in total. The molecule has 48 heteroatoms. The smallest absolute Gasteiger partial charge is 0.326 e. The number of rotatable bonds is 56. The molecule has 2 aromatic carbocycles. The number of carboxylic acids is 3. The molecule has 0 aliphatic carbocycles. The van der Waals surface area contributed by atoms with Gasteiger partial charge >= 0.3 is 17.9 Å². The van der Waals surface area contributed by atoms with E-state index in [2.05, 4.69) is 97.0 Å². The Labute approximate surface area is 804 Å². The number of nitrogens with two attached hydrogens (primary N) is 3. The molecule has 4 heterocycles. The molecule has 47 nitrogen and oxygen atoms in total. The van der Waals surface area contributed by atoms with Gasteiger partial charge in [0.25, 0.3) is 0 Å². The number of amides is 16. The zero-order valence-electron chi connectivity index (χ0n) is 79.1. The summed E-state index contributed by atoms with van der Waals surface area (Å²) in [6.07, 6.45) is 2.61. The highest BCUT2D eigenvalue weighted by molar-refractivity contribution is 7.80. The Morgan fingerprint density at radius 3 is 1.41 bits per heavy atom. The molecule has 3 aromatic rings. The fraction of sp³-hybridized carbons (Fsp3) is 0.611. The fourth-order valence-corrected chi connectivity index (χ4v) is 16.3. The zero-order chi connectivity index (χ0) is 102. The minimum absolute atomic E-state index is 0.0107. The normalized spacial score (nSPS) is 17.9. The SMILES string of the molecule is CCC(C)C(NC(=O)C(Cc1ccc(O)cc1)NC(=O)C(CC(=O)O)NC(=O)C(CO)NC(=O)C(Cc1ccccc1)NC(=O)C(C)NC(=O)C(NC(=O)C1CCCN1C(=O)C(N)CCCCN)C(C)C)C(=O)NC(Cc1cnc[nH]1)C(=O)N1CCCC1C(=O)NC(C(=O)NC(CS)C(=O)NC(CC(C)C)C(=O)N1CCCC1C(=O)NC(CC(=O)O)C(=O)NC(CCCNC(=N)N)C(=O)O)C(C)C. The van der Waals surface area contributed by atoms with E-state index in [9.17, 15) is 102 Å². The summed E-state index contributed by atoms with van der Waals surface area (Å²) in [5.41, 5.74) is 18.2. The third-order valence-corrected chi connectivity index (χ3v) is 24.3. The van der Waals surface area contributed by atoms with E-state index in [0.29, 0.717) is 49.9 Å². The molecule has 0 radical (unpaired) electrons. The first-order valence-corrected chi connectivity index (χ1v) is 47.0. The number of phenolic OH excluding ortho intramolecular Hbond substituents is 1. The lowest BCUT2D eigenvalue weighted by Crippen LogP contribution is -2.62. The number of aromatic hydroxyl groups is 1. The third kappa shape index (κ3) is 35.2. The van der Waals surface area contributed by atoms with Crippen molar-refractivity contribution >= 4 is 131 Å². The summed E-state index contributed by atoms with van der Waals surface area (Å²) in [5, 5.41) is 93.4. The second-order valence-electron chi connectivity index (χ2n) is 35.9. The van der Waals surface area contributed by atoms with Crippen LogP contribution in [0.3, 0.4) is 0 Å². The predicted molar refractivity (Wildman–Crippen MR) is 501 cm³/mol. The Bertz CT molecular complexity index is 4710. The van der Waals surface area contributed by atoms with E-state index in [1.165, 1.54) is 53.5 Å². The topological polar surface area (TPSA) is 734 Å². The van der Waals surface area contributed by atoms with Gasteiger partial charge in [-0.15, -0.1) is 0 Å². The van der Waals surface area contributed by atoms with Gasteiger partial charge in [-0.05, 0) is 131 Å². The number of carbonyl (C=O) groups is 19. The number of unbranched alkanes of at least 4 members (excludes halogenated alkanes) is 1. The molecule has 138 heavy (non-hydrogen) atoms. The first-order chi connectivity index (χ1) is 65.3. The monoisotopic (exact) mass is 1960 g/mol. The summed E-state index contributed by atoms with van der Waals surface area (Å²) in [5.74, 6) is -22.8. The molecule has 0 bridgehead atoms. The van der Waals surface area contributed by atoms with Crippen molar-refractivity contribution in [1.29, 1.82) is 5.41 Å². The summed E-state index contributed by atoms with van der Waals surface area (Å²) in [7, 11) is 0. The standard InChI is InChI=1S/C90H137N23O24S/c1-10-49(8)72(110-77(124)58(38-52-27-29-54(115)30-28-52)101-76(123)59(40-68(116)117)102-78(125)63(43-114)106-74(121)57(37-51-20-12-11-13-21-51)100-73(120)50(9)98-83(130)70(47(4)5)108-81(128)66-25-17-33-111(66)86(133)55(92)22-14-15-31-91)85(132)105-62(39-53-42-95-45-97-53)88(135)113-35-19-26-67(113)82(129)109-71(48(6)7)84(131)107-64(44-138)79(126)104-61(36-46(2)3)87(134)112-34-18-24-65(112)80(127)103-60(41-69(118)119)75(122)99-56(89(136)137)23-16-32-96-90(93)94/h11-13,20-21,27-30,42,45-50,55-67,70-72,114-115,138H,10,14-19,22-26,31-41,43-44,91-92H2,1-9H3,(H,95,97)(H,98,130)(H,99,122)(H,100,120)(H,101,123)(H,102,125)(H,103,127)(H,104,126)(H,105,132)(H,106,121)(H,107,131)(H,108,128)(H,109,129)(H,110,124)(H,116,117)(H,118,119)(H,136,137)(H4,93,94,96). The first kappa shape index (κ1) is 114. The molecule has 3 saturated heterocycles. The average molecular weight is 1960 g/mol. The van der Waals surface area contributed by atoms with E-state index >= 15 is 14.4 Å². The summed E-state index contributed by atoms with van der Waals surface area (Å²) >= 11 is 4.36. The minimum atomic E-state index is -2.10. The Kier molecular flexibility index (Phi) is 46.0. The van der Waals surface area contributed by atoms with Crippen LogP contribution in [0.5, 0.6) is 5.75 Å². The van der Waals surface area contributed by atoms with Gasteiger partial charge in [-0.1, -0.05) is 111 Å². The van der Waals surface area contributed by atoms with Gasteiger partial charge in [-0.3, -0.25) is 91.7 Å². The van der Waals surface area contributed by atoms with Crippen molar-refractivity contribution in [2.24, 2.45) is 40.9 Å². The number of nitrogens with one attached hydrogen (secondary N) is 16. The number of H-pyrrole nitrogens is 1. The number of nitrogens with zero attached hydrogens (tertiary/aromatic N) is 4. The van der Waals surface area contributed by atoms with Crippen LogP contribution in [0.1, 0.15) is 175 Å². The number of aliphatic hydroxyl groups is 1. The fourth-order valence-electron chi connectivity index (χ4n) is 16.1. The van der Waals surface area contributed by atoms with E-state index in [1.54, 1.807) is 85.7 Å². The van der Waals surface area contributed by atoms with Gasteiger partial charge in [0.15, 0.2) is 5.96 Å². The zero-order valence-corrected chi connectivity index (χ0v) is 80.0. The molecule has 6 rings (SSSR count). The van der Waals surface area contributed by atoms with Gasteiger partial charge in [-0.25, -0.2) is 9.78 Å². The summed E-state index contributed by atoms with van der Waals surface area (Å²) < 4.78 is 0. The van der Waals surface area contributed by atoms with Gasteiger partial charge < -0.3 is 137 Å². The van der Waals surface area contributed by atoms with Crippen molar-refractivity contribution in [1.82, 2.24) is 99.1 Å². The first-order valence-electron chi connectivity index (χ1n) is 46.4. The highest BCUT2D eigenvalue weighted by atomic mass is 32.1. The van der Waals surface area contributed by atoms with Crippen LogP contribution in [-0.4, -0.2) is 316 Å². The van der Waals surface area contributed by atoms with Gasteiger partial charge in [-0.2, -0.15) is 12.6 Å². The van der Waals surface area contributed by atoms with E-state index in [1.807, 2.05) is 0 Å². The lowest BCUT2D eigenvalue weighted by Gasteiger charge is -2.32. The Morgan fingerprint density at radius 1 is 0.486 bits per heavy atom. The lowest BCUT2D eigenvalue weighted by atomic mass is 9.96. The maximum Gasteiger partial charge on any atom is 0.326 e. The van der Waals surface area contributed by atoms with Gasteiger partial charge in [0, 0.05) is 63.1 Å². The number of aliphatic carboxylic acids is 3. The largest absolute Gasteiger partial charge is 0.508 e. The van der Waals surface area contributed by atoms with Crippen LogP contribution in [0, 0.1) is 29.1 Å². The number of hydrogen-bond donors (Lipinski definition) is 25. The third-order valence-electron chi connectivity index (χ3n) is 23.9. The second-order valence-corrected chi connectivity index (χ2v) is 36.3. The quantitative estimate of drug-likeness (QED) is 0.0110. The average Bonchev–Trinajstić information content (AvgIpc) is 1.69. The van der Waals surface area contributed by atoms with Crippen molar-refractivity contribution in [3.8, 4) is 5.75 Å². The van der Waals surface area contributed by atoms with Crippen molar-refractivity contribution in [3.05, 3.63) is 83.9 Å². The van der Waals surface area contributed by atoms with Gasteiger partial charge in [0.05, 0.1) is 31.8 Å². The van der Waals surface area contributed by atoms with Crippen LogP contribution >= 0.6 is 12.6 Å². The molecule has 3 aliphatic heterocycles. The number of guanidine groups is 1. The lowest BCUT2D eigenvalue weighted by molar-refractivity contribution is -0.145. The molecular weight excluding hydrogens is 1820 g/mol. The molecule has 3 aliphatic rings. The molecule has 18 atom stereocenters. The molecule has 0 spiro atoms.